The second-order valence-corrected chi connectivity index (χ2v) is 6.87. The first-order valence-corrected chi connectivity index (χ1v) is 8.52. The van der Waals surface area contributed by atoms with Gasteiger partial charge in [0.05, 0.1) is 4.88 Å². The first-order chi connectivity index (χ1) is 9.72. The minimum absolute atomic E-state index is 0. The fourth-order valence-corrected chi connectivity index (χ4v) is 4.03. The highest BCUT2D eigenvalue weighted by Crippen LogP contribution is 2.27. The Morgan fingerprint density at radius 3 is 2.91 bits per heavy atom. The normalized spacial score (nSPS) is 20.6. The maximum Gasteiger partial charge on any atom is 0.270 e. The third-order valence-corrected chi connectivity index (χ3v) is 5.31. The molecule has 3 heterocycles. The highest BCUT2D eigenvalue weighted by Gasteiger charge is 2.21. The number of piperidine rings is 1. The van der Waals surface area contributed by atoms with Gasteiger partial charge < -0.3 is 10.6 Å². The summed E-state index contributed by atoms with van der Waals surface area (Å²) in [5.74, 6) is -0.0526. The van der Waals surface area contributed by atoms with Gasteiger partial charge >= 0.3 is 0 Å². The Morgan fingerprint density at radius 2 is 2.23 bits per heavy atom. The lowest BCUT2D eigenvalue weighted by Gasteiger charge is -2.28. The Bertz CT molecular complexity index is 589. The predicted octanol–water partition coefficient (Wildman–Crippen LogP) is 3.59. The molecule has 122 valence electrons. The van der Waals surface area contributed by atoms with E-state index in [-0.39, 0.29) is 36.8 Å². The van der Waals surface area contributed by atoms with Gasteiger partial charge in [0.1, 0.15) is 10.7 Å². The van der Waals surface area contributed by atoms with Gasteiger partial charge in [-0.05, 0) is 37.8 Å². The molecule has 2 atom stereocenters. The van der Waals surface area contributed by atoms with Gasteiger partial charge in [0.2, 0.25) is 0 Å². The summed E-state index contributed by atoms with van der Waals surface area (Å²) in [4.78, 5) is 17.8. The standard InChI is InChI=1S/C14H17N3OS2.2ClH/c1-9-7-10(4-5-15-9)16-13(18)11-8-20-14(17-11)12-3-2-6-19-12;;/h2-3,6,8-10,15H,4-5,7H2,1H3,(H,16,18);2*1H. The number of nitrogens with one attached hydrogen (secondary N) is 2. The van der Waals surface area contributed by atoms with Crippen molar-refractivity contribution in [2.24, 2.45) is 0 Å². The Kier molecular flexibility index (Phi) is 7.79. The lowest BCUT2D eigenvalue weighted by Crippen LogP contribution is -2.46. The van der Waals surface area contributed by atoms with Gasteiger partial charge in [-0.2, -0.15) is 0 Å². The zero-order valence-electron chi connectivity index (χ0n) is 12.1. The van der Waals surface area contributed by atoms with E-state index in [1.807, 2.05) is 22.9 Å². The first kappa shape index (κ1) is 19.4. The number of thiazole rings is 1. The van der Waals surface area contributed by atoms with Gasteiger partial charge in [-0.25, -0.2) is 4.98 Å². The zero-order chi connectivity index (χ0) is 13.9. The van der Waals surface area contributed by atoms with Crippen LogP contribution in [-0.2, 0) is 0 Å². The summed E-state index contributed by atoms with van der Waals surface area (Å²) in [5, 5.41) is 11.3. The number of amides is 1. The predicted molar refractivity (Wildman–Crippen MR) is 97.9 cm³/mol. The van der Waals surface area contributed by atoms with E-state index >= 15 is 0 Å². The Morgan fingerprint density at radius 1 is 1.41 bits per heavy atom. The summed E-state index contributed by atoms with van der Waals surface area (Å²) >= 11 is 3.17. The second kappa shape index (κ2) is 8.84. The van der Waals surface area contributed by atoms with E-state index in [9.17, 15) is 4.79 Å². The SMILES string of the molecule is CC1CC(NC(=O)c2csc(-c3cccs3)n2)CCN1.Cl.Cl. The first-order valence-electron chi connectivity index (χ1n) is 6.76. The third-order valence-electron chi connectivity index (χ3n) is 3.43. The van der Waals surface area contributed by atoms with Crippen molar-refractivity contribution in [2.75, 3.05) is 6.54 Å². The van der Waals surface area contributed by atoms with Crippen LogP contribution < -0.4 is 10.6 Å². The van der Waals surface area contributed by atoms with E-state index in [2.05, 4.69) is 22.5 Å². The van der Waals surface area contributed by atoms with E-state index in [0.29, 0.717) is 11.7 Å². The van der Waals surface area contributed by atoms with Crippen LogP contribution in [0, 0.1) is 0 Å². The number of rotatable bonds is 3. The summed E-state index contributed by atoms with van der Waals surface area (Å²) < 4.78 is 0. The van der Waals surface area contributed by atoms with Crippen molar-refractivity contribution in [1.82, 2.24) is 15.6 Å². The van der Waals surface area contributed by atoms with Crippen LogP contribution in [0.1, 0.15) is 30.3 Å². The summed E-state index contributed by atoms with van der Waals surface area (Å²) in [7, 11) is 0. The monoisotopic (exact) mass is 379 g/mol. The van der Waals surface area contributed by atoms with E-state index < -0.39 is 0 Å². The van der Waals surface area contributed by atoms with E-state index in [0.717, 1.165) is 29.3 Å². The molecule has 0 aromatic carbocycles. The summed E-state index contributed by atoms with van der Waals surface area (Å²) in [5.41, 5.74) is 0.532. The fourth-order valence-electron chi connectivity index (χ4n) is 2.41. The third kappa shape index (κ3) is 4.67. The summed E-state index contributed by atoms with van der Waals surface area (Å²) in [6, 6.07) is 4.74. The molecule has 2 aromatic heterocycles. The summed E-state index contributed by atoms with van der Waals surface area (Å²) in [6.45, 7) is 3.11. The molecular weight excluding hydrogens is 361 g/mol. The van der Waals surface area contributed by atoms with Gasteiger partial charge in [0.25, 0.3) is 5.91 Å². The van der Waals surface area contributed by atoms with Gasteiger partial charge in [0.15, 0.2) is 0 Å². The molecule has 0 aliphatic carbocycles. The van der Waals surface area contributed by atoms with Gasteiger partial charge in [-0.3, -0.25) is 4.79 Å². The maximum absolute atomic E-state index is 12.2. The van der Waals surface area contributed by atoms with Crippen molar-refractivity contribution in [1.29, 1.82) is 0 Å². The van der Waals surface area contributed by atoms with Crippen LogP contribution in [0.2, 0.25) is 0 Å². The average molecular weight is 380 g/mol. The number of hydrogen-bond donors (Lipinski definition) is 2. The number of hydrogen-bond acceptors (Lipinski definition) is 5. The van der Waals surface area contributed by atoms with Crippen LogP contribution >= 0.6 is 47.5 Å². The molecule has 1 amide bonds. The van der Waals surface area contributed by atoms with Crippen LogP contribution in [0.25, 0.3) is 9.88 Å². The molecule has 0 saturated carbocycles. The number of carbonyl (C=O) groups excluding carboxylic acids is 1. The van der Waals surface area contributed by atoms with Crippen LogP contribution in [0.5, 0.6) is 0 Å². The van der Waals surface area contributed by atoms with Gasteiger partial charge in [0, 0.05) is 17.5 Å². The molecule has 1 aliphatic heterocycles. The van der Waals surface area contributed by atoms with Crippen LogP contribution in [-0.4, -0.2) is 29.5 Å². The molecule has 1 aliphatic rings. The van der Waals surface area contributed by atoms with Crippen molar-refractivity contribution in [3.8, 4) is 9.88 Å². The zero-order valence-corrected chi connectivity index (χ0v) is 15.3. The second-order valence-electron chi connectivity index (χ2n) is 5.07. The largest absolute Gasteiger partial charge is 0.348 e. The van der Waals surface area contributed by atoms with Crippen molar-refractivity contribution < 1.29 is 4.79 Å². The highest BCUT2D eigenvalue weighted by molar-refractivity contribution is 7.20. The Hall–Kier alpha value is -0.660. The molecule has 2 unspecified atom stereocenters. The quantitative estimate of drug-likeness (QED) is 0.856. The molecule has 1 fully saturated rings. The topological polar surface area (TPSA) is 54.0 Å². The lowest BCUT2D eigenvalue weighted by atomic mass is 10.0. The highest BCUT2D eigenvalue weighted by atomic mass is 35.5. The molecule has 1 saturated heterocycles. The van der Waals surface area contributed by atoms with Crippen LogP contribution in [0.4, 0.5) is 0 Å². The fraction of sp³-hybridized carbons (Fsp3) is 0.429. The molecular formula is C14H19Cl2N3OS2. The molecule has 0 bridgehead atoms. The number of halogens is 2. The minimum atomic E-state index is -0.0526. The van der Waals surface area contributed by atoms with Crippen molar-refractivity contribution in [3.63, 3.8) is 0 Å². The van der Waals surface area contributed by atoms with Crippen molar-refractivity contribution >= 4 is 53.4 Å². The van der Waals surface area contributed by atoms with Gasteiger partial charge in [-0.1, -0.05) is 6.07 Å². The number of aromatic nitrogens is 1. The molecule has 22 heavy (non-hydrogen) atoms. The maximum atomic E-state index is 12.2. The average Bonchev–Trinajstić information content (AvgIpc) is 3.10. The molecule has 2 aromatic rings. The molecule has 2 N–H and O–H groups in total. The smallest absolute Gasteiger partial charge is 0.270 e. The van der Waals surface area contributed by atoms with Crippen molar-refractivity contribution in [3.05, 3.63) is 28.6 Å². The van der Waals surface area contributed by atoms with E-state index in [4.69, 9.17) is 0 Å². The van der Waals surface area contributed by atoms with Crippen LogP contribution in [0.15, 0.2) is 22.9 Å². The minimum Gasteiger partial charge on any atom is -0.348 e. The van der Waals surface area contributed by atoms with Crippen LogP contribution in [0.3, 0.4) is 0 Å². The summed E-state index contributed by atoms with van der Waals surface area (Å²) in [6.07, 6.45) is 1.96. The molecule has 4 nitrogen and oxygen atoms in total. The number of nitrogens with zero attached hydrogens (tertiary/aromatic N) is 1. The van der Waals surface area contributed by atoms with Crippen molar-refractivity contribution in [2.45, 2.75) is 31.8 Å². The molecule has 3 rings (SSSR count). The molecule has 0 spiro atoms. The van der Waals surface area contributed by atoms with E-state index in [1.54, 1.807) is 11.3 Å². The van der Waals surface area contributed by atoms with Gasteiger partial charge in [-0.15, -0.1) is 47.5 Å². The molecule has 8 heteroatoms. The van der Waals surface area contributed by atoms with E-state index in [1.165, 1.54) is 11.3 Å². The lowest BCUT2D eigenvalue weighted by molar-refractivity contribution is 0.0921. The Balaban J connectivity index is 0.00000121. The number of thiophene rings is 1. The Labute approximate surface area is 150 Å². The molecule has 0 radical (unpaired) electrons. The number of carbonyl (C=O) groups is 1.